The van der Waals surface area contributed by atoms with E-state index in [0.29, 0.717) is 23.6 Å². The summed E-state index contributed by atoms with van der Waals surface area (Å²) in [6.07, 6.45) is 4.47. The van der Waals surface area contributed by atoms with Crippen LogP contribution in [0.5, 0.6) is 0 Å². The number of carbonyl (C=O) groups is 2. The number of rotatable bonds is 7. The summed E-state index contributed by atoms with van der Waals surface area (Å²) in [4.78, 5) is 25.3. The zero-order chi connectivity index (χ0) is 14.7. The predicted molar refractivity (Wildman–Crippen MR) is 73.7 cm³/mol. The summed E-state index contributed by atoms with van der Waals surface area (Å²) in [6.45, 7) is 5.28. The lowest BCUT2D eigenvalue weighted by molar-refractivity contribution is -0.136. The molecule has 2 rings (SSSR count). The fourth-order valence-electron chi connectivity index (χ4n) is 2.37. The molecule has 1 N–H and O–H groups in total. The third kappa shape index (κ3) is 3.40. The molecule has 5 nitrogen and oxygen atoms in total. The summed E-state index contributed by atoms with van der Waals surface area (Å²) in [5.41, 5.74) is 1.14. The van der Waals surface area contributed by atoms with Gasteiger partial charge in [-0.3, -0.25) is 9.59 Å². The van der Waals surface area contributed by atoms with Crippen LogP contribution in [-0.4, -0.2) is 35.0 Å². The largest absolute Gasteiger partial charge is 0.481 e. The van der Waals surface area contributed by atoms with Crippen LogP contribution in [-0.2, 0) is 11.2 Å². The molecule has 1 aliphatic rings. The van der Waals surface area contributed by atoms with Crippen molar-refractivity contribution in [2.24, 2.45) is 5.92 Å². The monoisotopic (exact) mass is 279 g/mol. The highest BCUT2D eigenvalue weighted by Gasteiger charge is 2.29. The Morgan fingerprint density at radius 3 is 2.70 bits per heavy atom. The van der Waals surface area contributed by atoms with Crippen LogP contribution >= 0.6 is 0 Å². The van der Waals surface area contributed by atoms with Crippen molar-refractivity contribution in [3.63, 3.8) is 0 Å². The molecule has 0 spiro atoms. The van der Waals surface area contributed by atoms with Gasteiger partial charge in [-0.2, -0.15) is 0 Å². The summed E-state index contributed by atoms with van der Waals surface area (Å²) in [7, 11) is 0. The van der Waals surface area contributed by atoms with Gasteiger partial charge in [0.15, 0.2) is 0 Å². The Kier molecular flexibility index (Phi) is 4.47. The normalized spacial score (nSPS) is 14.3. The number of furan rings is 1. The maximum atomic E-state index is 12.7. The second-order valence-corrected chi connectivity index (χ2v) is 5.48. The van der Waals surface area contributed by atoms with Gasteiger partial charge in [-0.05, 0) is 32.1 Å². The van der Waals surface area contributed by atoms with Crippen molar-refractivity contribution >= 4 is 11.9 Å². The van der Waals surface area contributed by atoms with Crippen LogP contribution in [0.4, 0.5) is 0 Å². The van der Waals surface area contributed by atoms with E-state index >= 15 is 0 Å². The van der Waals surface area contributed by atoms with Crippen LogP contribution in [0.15, 0.2) is 10.7 Å². The maximum absolute atomic E-state index is 12.7. The second-order valence-electron chi connectivity index (χ2n) is 5.48. The average Bonchev–Trinajstić information content (AvgIpc) is 3.12. The number of carbonyl (C=O) groups excluding carboxylic acids is 1. The minimum absolute atomic E-state index is 0.0961. The predicted octanol–water partition coefficient (Wildman–Crippen LogP) is 2.48. The first-order chi connectivity index (χ1) is 9.52. The Balaban J connectivity index is 2.20. The molecule has 0 aromatic carbocycles. The first kappa shape index (κ1) is 14.6. The van der Waals surface area contributed by atoms with Crippen LogP contribution < -0.4 is 0 Å². The zero-order valence-electron chi connectivity index (χ0n) is 12.0. The number of carboxylic acids is 1. The molecular formula is C15H21NO4. The highest BCUT2D eigenvalue weighted by molar-refractivity contribution is 5.97. The second kappa shape index (κ2) is 6.11. The van der Waals surface area contributed by atoms with E-state index in [-0.39, 0.29) is 18.1 Å². The first-order valence-electron chi connectivity index (χ1n) is 7.11. The number of aryl methyl sites for hydroxylation is 1. The summed E-state index contributed by atoms with van der Waals surface area (Å²) in [6, 6.07) is 0. The number of amides is 1. The van der Waals surface area contributed by atoms with E-state index in [1.54, 1.807) is 6.92 Å². The van der Waals surface area contributed by atoms with Gasteiger partial charge in [-0.25, -0.2) is 0 Å². The van der Waals surface area contributed by atoms with Gasteiger partial charge in [-0.1, -0.05) is 6.92 Å². The summed E-state index contributed by atoms with van der Waals surface area (Å²) >= 11 is 0. The van der Waals surface area contributed by atoms with E-state index in [0.717, 1.165) is 13.0 Å². The minimum atomic E-state index is -0.988. The first-order valence-corrected chi connectivity index (χ1v) is 7.11. The average molecular weight is 279 g/mol. The van der Waals surface area contributed by atoms with Crippen LogP contribution in [0.25, 0.3) is 0 Å². The van der Waals surface area contributed by atoms with Crippen LogP contribution in [0.1, 0.15) is 47.9 Å². The minimum Gasteiger partial charge on any atom is -0.481 e. The highest BCUT2D eigenvalue weighted by atomic mass is 16.4. The number of aliphatic carboxylic acids is 1. The Bertz CT molecular complexity index is 502. The molecule has 1 aromatic heterocycles. The molecule has 0 atom stereocenters. The van der Waals surface area contributed by atoms with Gasteiger partial charge >= 0.3 is 5.97 Å². The number of carboxylic acid groups (broad SMARTS) is 1. The fraction of sp³-hybridized carbons (Fsp3) is 0.600. The van der Waals surface area contributed by atoms with Crippen LogP contribution in [0.2, 0.25) is 0 Å². The van der Waals surface area contributed by atoms with Gasteiger partial charge in [0.2, 0.25) is 0 Å². The number of hydrogen-bond acceptors (Lipinski definition) is 3. The number of hydrogen-bond donors (Lipinski definition) is 1. The van der Waals surface area contributed by atoms with Gasteiger partial charge in [0.05, 0.1) is 11.8 Å². The molecule has 1 aliphatic carbocycles. The lowest BCUT2D eigenvalue weighted by Gasteiger charge is -2.22. The lowest BCUT2D eigenvalue weighted by Crippen LogP contribution is -2.34. The molecule has 1 aromatic rings. The SMILES string of the molecule is CCCN(CC1CC1)C(=O)c1c(C)coc1CC(=O)O. The van der Waals surface area contributed by atoms with Crippen molar-refractivity contribution in [1.82, 2.24) is 4.90 Å². The van der Waals surface area contributed by atoms with E-state index < -0.39 is 5.97 Å². The Hall–Kier alpha value is -1.78. The quantitative estimate of drug-likeness (QED) is 0.832. The topological polar surface area (TPSA) is 70.8 Å². The molecule has 110 valence electrons. The van der Waals surface area contributed by atoms with Gasteiger partial charge in [0, 0.05) is 18.7 Å². The van der Waals surface area contributed by atoms with Crippen LogP contribution in [0, 0.1) is 12.8 Å². The van der Waals surface area contributed by atoms with E-state index in [9.17, 15) is 9.59 Å². The fourth-order valence-corrected chi connectivity index (χ4v) is 2.37. The molecule has 1 fully saturated rings. The van der Waals surface area contributed by atoms with Crippen molar-refractivity contribution in [2.75, 3.05) is 13.1 Å². The third-order valence-corrected chi connectivity index (χ3v) is 3.53. The van der Waals surface area contributed by atoms with E-state index in [4.69, 9.17) is 9.52 Å². The molecule has 1 saturated carbocycles. The molecule has 5 heteroatoms. The van der Waals surface area contributed by atoms with E-state index in [1.807, 2.05) is 11.8 Å². The lowest BCUT2D eigenvalue weighted by atomic mass is 10.1. The van der Waals surface area contributed by atoms with Crippen molar-refractivity contribution < 1.29 is 19.1 Å². The molecule has 1 heterocycles. The molecule has 0 bridgehead atoms. The Morgan fingerprint density at radius 2 is 2.15 bits per heavy atom. The summed E-state index contributed by atoms with van der Waals surface area (Å²) < 4.78 is 5.25. The molecule has 20 heavy (non-hydrogen) atoms. The van der Waals surface area contributed by atoms with Gasteiger partial charge in [0.25, 0.3) is 5.91 Å². The van der Waals surface area contributed by atoms with Gasteiger partial charge in [-0.15, -0.1) is 0 Å². The number of nitrogens with zero attached hydrogens (tertiary/aromatic N) is 1. The standard InChI is InChI=1S/C15H21NO4/c1-3-6-16(8-11-4-5-11)15(19)14-10(2)9-20-12(14)7-13(17)18/h9,11H,3-8H2,1-2H3,(H,17,18). The Morgan fingerprint density at radius 1 is 1.45 bits per heavy atom. The van der Waals surface area contributed by atoms with Crippen molar-refractivity contribution in [3.8, 4) is 0 Å². The van der Waals surface area contributed by atoms with Crippen molar-refractivity contribution in [3.05, 3.63) is 23.2 Å². The highest BCUT2D eigenvalue weighted by Crippen LogP contribution is 2.31. The Labute approximate surface area is 118 Å². The van der Waals surface area contributed by atoms with Gasteiger partial charge < -0.3 is 14.4 Å². The molecule has 0 radical (unpaired) electrons. The third-order valence-electron chi connectivity index (χ3n) is 3.53. The zero-order valence-corrected chi connectivity index (χ0v) is 12.0. The van der Waals surface area contributed by atoms with Crippen molar-refractivity contribution in [2.45, 2.75) is 39.5 Å². The molecule has 0 aliphatic heterocycles. The van der Waals surface area contributed by atoms with Crippen molar-refractivity contribution in [1.29, 1.82) is 0 Å². The summed E-state index contributed by atoms with van der Waals surface area (Å²) in [5, 5.41) is 8.89. The maximum Gasteiger partial charge on any atom is 0.311 e. The molecular weight excluding hydrogens is 258 g/mol. The van der Waals surface area contributed by atoms with Gasteiger partial charge in [0.1, 0.15) is 12.2 Å². The summed E-state index contributed by atoms with van der Waals surface area (Å²) in [5.74, 6) is -0.212. The molecule has 0 saturated heterocycles. The van der Waals surface area contributed by atoms with Crippen LogP contribution in [0.3, 0.4) is 0 Å². The molecule has 1 amide bonds. The van der Waals surface area contributed by atoms with E-state index in [2.05, 4.69) is 0 Å². The van der Waals surface area contributed by atoms with E-state index in [1.165, 1.54) is 19.1 Å². The molecule has 0 unspecified atom stereocenters. The smallest absolute Gasteiger partial charge is 0.311 e.